The van der Waals surface area contributed by atoms with Gasteiger partial charge in [-0.25, -0.2) is 4.98 Å². The highest BCUT2D eigenvalue weighted by Gasteiger charge is 2.29. The Bertz CT molecular complexity index is 955. The van der Waals surface area contributed by atoms with E-state index >= 15 is 0 Å². The minimum Gasteiger partial charge on any atom is -0.354 e. The predicted octanol–water partition coefficient (Wildman–Crippen LogP) is 1.27. The Kier molecular flexibility index (Phi) is 6.53. The second kappa shape index (κ2) is 9.08. The normalized spacial score (nSPS) is 13.9. The number of nitrogens with zero attached hydrogens (tertiary/aromatic N) is 3. The van der Waals surface area contributed by atoms with Gasteiger partial charge in [0, 0.05) is 32.3 Å². The van der Waals surface area contributed by atoms with E-state index in [1.807, 2.05) is 19.1 Å². The van der Waals surface area contributed by atoms with E-state index in [-0.39, 0.29) is 48.2 Å². The second-order valence-electron chi connectivity index (χ2n) is 6.74. The lowest BCUT2D eigenvalue weighted by Crippen LogP contribution is -2.37. The predicted molar refractivity (Wildman–Crippen MR) is 109 cm³/mol. The van der Waals surface area contributed by atoms with E-state index in [0.29, 0.717) is 24.4 Å². The van der Waals surface area contributed by atoms with Gasteiger partial charge >= 0.3 is 0 Å². The lowest BCUT2D eigenvalue weighted by Gasteiger charge is -2.13. The number of fused-ring (bicyclic) bond motifs is 1. The molecule has 0 saturated carbocycles. The number of imide groups is 1. The van der Waals surface area contributed by atoms with Crippen LogP contribution in [-0.4, -0.2) is 62.6 Å². The summed E-state index contributed by atoms with van der Waals surface area (Å²) >= 11 is 0.971. The Hall–Kier alpha value is -2.88. The van der Waals surface area contributed by atoms with Gasteiger partial charge in [-0.3, -0.25) is 28.5 Å². The van der Waals surface area contributed by atoms with E-state index in [1.165, 1.54) is 0 Å². The monoisotopic (exact) mass is 417 g/mol. The number of hydrogen-bond acceptors (Lipinski definition) is 6. The summed E-state index contributed by atoms with van der Waals surface area (Å²) < 4.78 is 1.77. The molecule has 3 heterocycles. The topological polar surface area (TPSA) is 113 Å². The number of nitrogens with one attached hydrogen (secondary N) is 2. The number of thioether (sulfide) groups is 1. The van der Waals surface area contributed by atoms with Crippen molar-refractivity contribution in [2.75, 3.05) is 25.4 Å². The van der Waals surface area contributed by atoms with Crippen LogP contribution in [0.2, 0.25) is 0 Å². The molecule has 0 spiro atoms. The SMILES string of the molecule is Cc1nc2c(C)cccn2c1C(=O)NCCCC(=O)NCCN1C(=O)CSC1=O. The Morgan fingerprint density at radius 1 is 1.21 bits per heavy atom. The number of carbonyl (C=O) groups excluding carboxylic acids is 4. The lowest BCUT2D eigenvalue weighted by molar-refractivity contribution is -0.125. The van der Waals surface area contributed by atoms with Crippen molar-refractivity contribution in [2.24, 2.45) is 0 Å². The summed E-state index contributed by atoms with van der Waals surface area (Å²) in [6.45, 7) is 4.49. The van der Waals surface area contributed by atoms with Crippen LogP contribution in [0.5, 0.6) is 0 Å². The molecule has 29 heavy (non-hydrogen) atoms. The van der Waals surface area contributed by atoms with Gasteiger partial charge in [0.1, 0.15) is 11.3 Å². The van der Waals surface area contributed by atoms with E-state index in [2.05, 4.69) is 15.6 Å². The van der Waals surface area contributed by atoms with Crippen LogP contribution in [0, 0.1) is 13.8 Å². The van der Waals surface area contributed by atoms with E-state index < -0.39 is 0 Å². The quantitative estimate of drug-likeness (QED) is 0.626. The van der Waals surface area contributed by atoms with Crippen LogP contribution in [-0.2, 0) is 9.59 Å². The number of aryl methyl sites for hydroxylation is 2. The van der Waals surface area contributed by atoms with Crippen molar-refractivity contribution in [3.63, 3.8) is 0 Å². The van der Waals surface area contributed by atoms with Gasteiger partial charge in [-0.2, -0.15) is 0 Å². The first kappa shape index (κ1) is 20.8. The average molecular weight is 417 g/mol. The zero-order valence-corrected chi connectivity index (χ0v) is 17.2. The van der Waals surface area contributed by atoms with Crippen molar-refractivity contribution in [1.29, 1.82) is 0 Å². The third-order valence-electron chi connectivity index (χ3n) is 4.60. The third-order valence-corrected chi connectivity index (χ3v) is 5.46. The molecule has 1 saturated heterocycles. The fourth-order valence-corrected chi connectivity index (χ4v) is 3.87. The molecule has 1 aliphatic rings. The second-order valence-corrected chi connectivity index (χ2v) is 7.67. The molecule has 0 radical (unpaired) electrons. The van der Waals surface area contributed by atoms with Gasteiger partial charge in [-0.05, 0) is 31.9 Å². The van der Waals surface area contributed by atoms with Crippen molar-refractivity contribution in [1.82, 2.24) is 24.9 Å². The van der Waals surface area contributed by atoms with Crippen molar-refractivity contribution >= 4 is 40.4 Å². The van der Waals surface area contributed by atoms with Crippen LogP contribution in [0.1, 0.15) is 34.6 Å². The van der Waals surface area contributed by atoms with Crippen LogP contribution < -0.4 is 10.6 Å². The Labute approximate surface area is 172 Å². The van der Waals surface area contributed by atoms with Crippen LogP contribution >= 0.6 is 11.8 Å². The third kappa shape index (κ3) is 4.76. The van der Waals surface area contributed by atoms with E-state index in [9.17, 15) is 19.2 Å². The van der Waals surface area contributed by atoms with Gasteiger partial charge in [0.2, 0.25) is 11.8 Å². The molecule has 0 unspecified atom stereocenters. The molecule has 10 heteroatoms. The smallest absolute Gasteiger partial charge is 0.288 e. The maximum Gasteiger partial charge on any atom is 0.288 e. The first-order chi connectivity index (χ1) is 13.9. The molecular formula is C19H23N5O4S. The molecule has 2 aromatic rings. The van der Waals surface area contributed by atoms with Crippen molar-refractivity contribution < 1.29 is 19.2 Å². The number of imidazole rings is 1. The zero-order chi connectivity index (χ0) is 21.0. The first-order valence-electron chi connectivity index (χ1n) is 9.34. The number of aromatic nitrogens is 2. The summed E-state index contributed by atoms with van der Waals surface area (Å²) in [7, 11) is 0. The maximum atomic E-state index is 12.5. The standard InChI is InChI=1S/C19H23N5O4S/c1-12-5-4-9-24-16(13(2)22-17(12)24)18(27)21-7-3-6-14(25)20-8-10-23-15(26)11-29-19(23)28/h4-5,9H,3,6-8,10-11H2,1-2H3,(H,20,25)(H,21,27). The van der Waals surface area contributed by atoms with Crippen LogP contribution in [0.25, 0.3) is 5.65 Å². The first-order valence-corrected chi connectivity index (χ1v) is 10.3. The highest BCUT2D eigenvalue weighted by Crippen LogP contribution is 2.17. The van der Waals surface area contributed by atoms with E-state index in [0.717, 1.165) is 27.9 Å². The Balaban J connectivity index is 1.40. The molecule has 9 nitrogen and oxygen atoms in total. The lowest BCUT2D eigenvalue weighted by atomic mass is 10.2. The van der Waals surface area contributed by atoms with Gasteiger partial charge in [0.25, 0.3) is 11.1 Å². The van der Waals surface area contributed by atoms with Gasteiger partial charge < -0.3 is 10.6 Å². The Morgan fingerprint density at radius 3 is 2.72 bits per heavy atom. The average Bonchev–Trinajstić information content (AvgIpc) is 3.19. The van der Waals surface area contributed by atoms with Crippen LogP contribution in [0.3, 0.4) is 0 Å². The maximum absolute atomic E-state index is 12.5. The van der Waals surface area contributed by atoms with Gasteiger partial charge in [-0.1, -0.05) is 17.8 Å². The summed E-state index contributed by atoms with van der Waals surface area (Å²) in [4.78, 5) is 53.0. The van der Waals surface area contributed by atoms with Crippen molar-refractivity contribution in [3.05, 3.63) is 35.3 Å². The number of pyridine rings is 1. The van der Waals surface area contributed by atoms with Crippen molar-refractivity contribution in [2.45, 2.75) is 26.7 Å². The molecule has 4 amide bonds. The fraction of sp³-hybridized carbons (Fsp3) is 0.421. The molecule has 2 aromatic heterocycles. The molecule has 0 atom stereocenters. The fourth-order valence-electron chi connectivity index (χ4n) is 3.12. The minimum absolute atomic E-state index is 0.165. The van der Waals surface area contributed by atoms with Gasteiger partial charge in [-0.15, -0.1) is 0 Å². The molecule has 1 aliphatic heterocycles. The number of hydrogen-bond donors (Lipinski definition) is 2. The molecule has 1 fully saturated rings. The molecule has 0 bridgehead atoms. The summed E-state index contributed by atoms with van der Waals surface area (Å²) in [6, 6.07) is 3.81. The largest absolute Gasteiger partial charge is 0.354 e. The van der Waals surface area contributed by atoms with Gasteiger partial charge in [0.15, 0.2) is 0 Å². The van der Waals surface area contributed by atoms with Crippen LogP contribution in [0.4, 0.5) is 4.79 Å². The number of amides is 4. The zero-order valence-electron chi connectivity index (χ0n) is 16.4. The minimum atomic E-state index is -0.273. The summed E-state index contributed by atoms with van der Waals surface area (Å²) in [6.07, 6.45) is 2.52. The van der Waals surface area contributed by atoms with E-state index in [4.69, 9.17) is 0 Å². The molecule has 154 valence electrons. The number of rotatable bonds is 8. The van der Waals surface area contributed by atoms with Crippen LogP contribution in [0.15, 0.2) is 18.3 Å². The molecule has 0 aromatic carbocycles. The van der Waals surface area contributed by atoms with Gasteiger partial charge in [0.05, 0.1) is 11.4 Å². The molecular weight excluding hydrogens is 394 g/mol. The molecule has 3 rings (SSSR count). The van der Waals surface area contributed by atoms with E-state index in [1.54, 1.807) is 17.5 Å². The number of carbonyl (C=O) groups is 4. The summed E-state index contributed by atoms with van der Waals surface area (Å²) in [5, 5.41) is 5.24. The van der Waals surface area contributed by atoms with Crippen molar-refractivity contribution in [3.8, 4) is 0 Å². The summed E-state index contributed by atoms with van der Waals surface area (Å²) in [5.41, 5.74) is 2.88. The Morgan fingerprint density at radius 2 is 2.00 bits per heavy atom. The highest BCUT2D eigenvalue weighted by atomic mass is 32.2. The molecule has 0 aliphatic carbocycles. The molecule has 2 N–H and O–H groups in total. The highest BCUT2D eigenvalue weighted by molar-refractivity contribution is 8.14. The summed E-state index contributed by atoms with van der Waals surface area (Å²) in [5.74, 6) is -0.482.